The van der Waals surface area contributed by atoms with Crippen LogP contribution in [0.3, 0.4) is 0 Å². The fourth-order valence-corrected chi connectivity index (χ4v) is 4.79. The van der Waals surface area contributed by atoms with Crippen LogP contribution in [-0.2, 0) is 11.3 Å². The van der Waals surface area contributed by atoms with Crippen molar-refractivity contribution in [2.24, 2.45) is 0 Å². The van der Waals surface area contributed by atoms with Crippen molar-refractivity contribution >= 4 is 38.5 Å². The smallest absolute Gasteiger partial charge is 0.235 e. The topological polar surface area (TPSA) is 86.4 Å². The molecular formula is C24H26BrClN2O5. The molecule has 2 aromatic carbocycles. The summed E-state index contributed by atoms with van der Waals surface area (Å²) in [6.07, 6.45) is 1.05. The zero-order valence-corrected chi connectivity index (χ0v) is 20.7. The summed E-state index contributed by atoms with van der Waals surface area (Å²) in [4.78, 5) is 17.6. The quantitative estimate of drug-likeness (QED) is 0.461. The van der Waals surface area contributed by atoms with Gasteiger partial charge in [-0.2, -0.15) is 0 Å². The Labute approximate surface area is 205 Å². The Kier molecular flexibility index (Phi) is 7.61. The first-order chi connectivity index (χ1) is 15.8. The van der Waals surface area contributed by atoms with Gasteiger partial charge in [-0.25, -0.2) is 0 Å². The summed E-state index contributed by atoms with van der Waals surface area (Å²) < 4.78 is 11.9. The van der Waals surface area contributed by atoms with Crippen LogP contribution in [0.4, 0.5) is 0 Å². The van der Waals surface area contributed by atoms with Gasteiger partial charge in [0.25, 0.3) is 0 Å². The van der Waals surface area contributed by atoms with Gasteiger partial charge in [-0.1, -0.05) is 11.6 Å². The number of aromatic hydroxyl groups is 2. The normalized spacial score (nSPS) is 14.9. The molecule has 33 heavy (non-hydrogen) atoms. The van der Waals surface area contributed by atoms with Crippen molar-refractivity contribution in [1.82, 2.24) is 9.80 Å². The fourth-order valence-electron chi connectivity index (χ4n) is 4.02. The molecular weight excluding hydrogens is 512 g/mol. The van der Waals surface area contributed by atoms with Crippen molar-refractivity contribution in [2.45, 2.75) is 13.0 Å². The zero-order chi connectivity index (χ0) is 23.5. The summed E-state index contributed by atoms with van der Waals surface area (Å²) in [5.41, 5.74) is 1.16. The van der Waals surface area contributed by atoms with Crippen LogP contribution in [0.5, 0.6) is 11.5 Å². The standard InChI is InChI=1S/C24H26BrClN2O5/c1-27(5-2-6-28-7-9-32-10-8-28)14-15-11-17-21(30)22(31)23(33-24(17)18(25)12-15)16-3-4-20(29)19(26)13-16/h3-4,11-13,29,31H,2,5-10,14H2,1H3. The minimum atomic E-state index is -0.520. The number of benzene rings is 2. The average molecular weight is 538 g/mol. The average Bonchev–Trinajstić information content (AvgIpc) is 2.79. The summed E-state index contributed by atoms with van der Waals surface area (Å²) in [5, 5.41) is 20.6. The van der Waals surface area contributed by atoms with Crippen LogP contribution in [0.1, 0.15) is 12.0 Å². The lowest BCUT2D eigenvalue weighted by atomic mass is 10.1. The molecule has 0 amide bonds. The number of halogens is 2. The molecule has 7 nitrogen and oxygen atoms in total. The lowest BCUT2D eigenvalue weighted by Crippen LogP contribution is -2.37. The molecule has 4 rings (SSSR count). The summed E-state index contributed by atoms with van der Waals surface area (Å²) in [6, 6.07) is 8.04. The maximum absolute atomic E-state index is 13.0. The van der Waals surface area contributed by atoms with E-state index in [4.69, 9.17) is 20.8 Å². The van der Waals surface area contributed by atoms with Crippen molar-refractivity contribution in [3.8, 4) is 22.8 Å². The van der Waals surface area contributed by atoms with Gasteiger partial charge in [0.1, 0.15) is 5.75 Å². The summed E-state index contributed by atoms with van der Waals surface area (Å²) in [7, 11) is 2.05. The van der Waals surface area contributed by atoms with E-state index in [0.29, 0.717) is 27.6 Å². The molecule has 0 saturated carbocycles. The maximum Gasteiger partial charge on any atom is 0.235 e. The van der Waals surface area contributed by atoms with Gasteiger partial charge in [-0.15, -0.1) is 0 Å². The van der Waals surface area contributed by atoms with E-state index < -0.39 is 11.2 Å². The molecule has 9 heteroatoms. The molecule has 2 N–H and O–H groups in total. The van der Waals surface area contributed by atoms with Gasteiger partial charge in [-0.3, -0.25) is 9.69 Å². The predicted octanol–water partition coefficient (Wildman–Crippen LogP) is 4.44. The molecule has 0 aliphatic carbocycles. The van der Waals surface area contributed by atoms with Crippen molar-refractivity contribution < 1.29 is 19.4 Å². The van der Waals surface area contributed by atoms with Crippen LogP contribution < -0.4 is 5.43 Å². The first kappa shape index (κ1) is 24.0. The number of fused-ring (bicyclic) bond motifs is 1. The lowest BCUT2D eigenvalue weighted by molar-refractivity contribution is 0.0363. The maximum atomic E-state index is 13.0. The third-order valence-corrected chi connectivity index (χ3v) is 6.65. The number of ether oxygens (including phenoxy) is 1. The Bertz CT molecular complexity index is 1210. The van der Waals surface area contributed by atoms with E-state index in [-0.39, 0.29) is 16.5 Å². The van der Waals surface area contributed by atoms with Crippen molar-refractivity contribution in [3.63, 3.8) is 0 Å². The third kappa shape index (κ3) is 5.53. The zero-order valence-electron chi connectivity index (χ0n) is 18.3. The first-order valence-corrected chi connectivity index (χ1v) is 12.0. The molecule has 1 fully saturated rings. The fraction of sp³-hybridized carbons (Fsp3) is 0.375. The van der Waals surface area contributed by atoms with Gasteiger partial charge in [-0.05, 0) is 78.4 Å². The van der Waals surface area contributed by atoms with Gasteiger partial charge >= 0.3 is 0 Å². The number of hydrogen-bond donors (Lipinski definition) is 2. The van der Waals surface area contributed by atoms with Gasteiger partial charge < -0.3 is 24.3 Å². The van der Waals surface area contributed by atoms with E-state index in [1.54, 1.807) is 6.07 Å². The van der Waals surface area contributed by atoms with Crippen LogP contribution >= 0.6 is 27.5 Å². The molecule has 0 atom stereocenters. The predicted molar refractivity (Wildman–Crippen MR) is 132 cm³/mol. The molecule has 3 aromatic rings. The molecule has 1 aliphatic rings. The Morgan fingerprint density at radius 3 is 2.67 bits per heavy atom. The number of phenols is 1. The third-order valence-electron chi connectivity index (χ3n) is 5.76. The number of morpholine rings is 1. The molecule has 0 spiro atoms. The van der Waals surface area contributed by atoms with Crippen molar-refractivity contribution in [3.05, 3.63) is 55.6 Å². The molecule has 2 heterocycles. The summed E-state index contributed by atoms with van der Waals surface area (Å²) in [5.74, 6) is -0.585. The SMILES string of the molecule is CN(CCCN1CCOCC1)Cc1cc(Br)c2oc(-c3ccc(O)c(Cl)c3)c(O)c(=O)c2c1. The van der Waals surface area contributed by atoms with Crippen LogP contribution in [0, 0.1) is 0 Å². The second-order valence-corrected chi connectivity index (χ2v) is 9.54. The molecule has 0 bridgehead atoms. The molecule has 0 unspecified atom stereocenters. The monoisotopic (exact) mass is 536 g/mol. The Hall–Kier alpha value is -2.10. The molecule has 1 aliphatic heterocycles. The second-order valence-electron chi connectivity index (χ2n) is 8.27. The number of nitrogens with zero attached hydrogens (tertiary/aromatic N) is 2. The van der Waals surface area contributed by atoms with Gasteiger partial charge in [0.15, 0.2) is 11.3 Å². The van der Waals surface area contributed by atoms with Crippen molar-refractivity contribution in [1.29, 1.82) is 0 Å². The Morgan fingerprint density at radius 2 is 1.94 bits per heavy atom. The Morgan fingerprint density at radius 1 is 1.18 bits per heavy atom. The summed E-state index contributed by atoms with van der Waals surface area (Å²) >= 11 is 9.50. The van der Waals surface area contributed by atoms with E-state index in [1.165, 1.54) is 18.2 Å². The van der Waals surface area contributed by atoms with Crippen molar-refractivity contribution in [2.75, 3.05) is 46.4 Å². The van der Waals surface area contributed by atoms with Gasteiger partial charge in [0.05, 0.1) is 28.1 Å². The minimum absolute atomic E-state index is 0.00285. The molecule has 1 saturated heterocycles. The minimum Gasteiger partial charge on any atom is -0.506 e. The Balaban J connectivity index is 1.53. The lowest BCUT2D eigenvalue weighted by Gasteiger charge is -2.27. The van der Waals surface area contributed by atoms with Gasteiger partial charge in [0.2, 0.25) is 11.2 Å². The number of hydrogen-bond acceptors (Lipinski definition) is 7. The van der Waals surface area contributed by atoms with E-state index in [9.17, 15) is 15.0 Å². The van der Waals surface area contributed by atoms with Crippen LogP contribution in [-0.4, -0.2) is 66.5 Å². The highest BCUT2D eigenvalue weighted by Crippen LogP contribution is 2.36. The first-order valence-electron chi connectivity index (χ1n) is 10.8. The molecule has 1 aromatic heterocycles. The number of rotatable bonds is 7. The number of phenolic OH excluding ortho intramolecular Hbond substituents is 1. The van der Waals surface area contributed by atoms with E-state index >= 15 is 0 Å². The van der Waals surface area contributed by atoms with Crippen LogP contribution in [0.2, 0.25) is 5.02 Å². The summed E-state index contributed by atoms with van der Waals surface area (Å²) in [6.45, 7) is 6.20. The second kappa shape index (κ2) is 10.4. The highest BCUT2D eigenvalue weighted by atomic mass is 79.9. The largest absolute Gasteiger partial charge is 0.506 e. The van der Waals surface area contributed by atoms with Crippen LogP contribution in [0.15, 0.2) is 44.0 Å². The van der Waals surface area contributed by atoms with Crippen LogP contribution in [0.25, 0.3) is 22.3 Å². The molecule has 0 radical (unpaired) electrons. The van der Waals surface area contributed by atoms with E-state index in [0.717, 1.165) is 51.4 Å². The highest BCUT2D eigenvalue weighted by Gasteiger charge is 2.19. The van der Waals surface area contributed by atoms with E-state index in [2.05, 4.69) is 32.8 Å². The van der Waals surface area contributed by atoms with Gasteiger partial charge in [0, 0.05) is 25.2 Å². The highest BCUT2D eigenvalue weighted by molar-refractivity contribution is 9.10. The molecule has 176 valence electrons. The van der Waals surface area contributed by atoms with E-state index in [1.807, 2.05) is 6.07 Å².